The Labute approximate surface area is 227 Å². The fourth-order valence-corrected chi connectivity index (χ4v) is 5.99. The van der Waals surface area contributed by atoms with Gasteiger partial charge in [0.05, 0.1) is 15.5 Å². The first-order valence-electron chi connectivity index (χ1n) is 11.2. The molecule has 1 aromatic heterocycles. The Kier molecular flexibility index (Phi) is 7.15. The van der Waals surface area contributed by atoms with Crippen molar-refractivity contribution in [1.29, 1.82) is 0 Å². The maximum Gasteiger partial charge on any atom is 0.295 e. The van der Waals surface area contributed by atoms with Crippen LogP contribution in [0.2, 0.25) is 0 Å². The first-order chi connectivity index (χ1) is 18.6. The molecular formula is C25H20N4O7S3. The van der Waals surface area contributed by atoms with Gasteiger partial charge in [0.25, 0.3) is 10.1 Å². The minimum atomic E-state index is -4.70. The van der Waals surface area contributed by atoms with Crippen LogP contribution in [0, 0.1) is 0 Å². The van der Waals surface area contributed by atoms with Gasteiger partial charge in [-0.1, -0.05) is 48.6 Å². The number of anilines is 1. The van der Waals surface area contributed by atoms with Crippen LogP contribution in [0.1, 0.15) is 11.1 Å². The van der Waals surface area contributed by atoms with Crippen LogP contribution in [0.5, 0.6) is 0 Å². The molecule has 0 amide bonds. The third-order valence-electron chi connectivity index (χ3n) is 5.98. The predicted molar refractivity (Wildman–Crippen MR) is 149 cm³/mol. The molecule has 0 aliphatic heterocycles. The number of nitrogens with zero attached hydrogens (tertiary/aromatic N) is 3. The molecule has 2 unspecified atom stereocenters. The SMILES string of the molecule is CNc1ccc(C=Cc2ccc(-n3nc4cc(S(=O)O)c5ccccc5c4n3)cc2S(=O)(=O)O)c(S(=O)O)c1. The summed E-state index contributed by atoms with van der Waals surface area (Å²) < 4.78 is 77.7. The van der Waals surface area contributed by atoms with Crippen LogP contribution < -0.4 is 5.32 Å². The molecule has 14 heteroatoms. The Balaban J connectivity index is 1.62. The number of rotatable bonds is 7. The molecule has 0 bridgehead atoms. The highest BCUT2D eigenvalue weighted by molar-refractivity contribution is 7.86. The van der Waals surface area contributed by atoms with Crippen LogP contribution in [-0.2, 0) is 32.3 Å². The highest BCUT2D eigenvalue weighted by Crippen LogP contribution is 2.30. The van der Waals surface area contributed by atoms with E-state index in [1.54, 1.807) is 43.4 Å². The van der Waals surface area contributed by atoms with Gasteiger partial charge in [0.2, 0.25) is 0 Å². The first-order valence-corrected chi connectivity index (χ1v) is 14.8. The van der Waals surface area contributed by atoms with E-state index in [9.17, 15) is 30.5 Å². The second-order valence-electron chi connectivity index (χ2n) is 8.31. The predicted octanol–water partition coefficient (Wildman–Crippen LogP) is 4.19. The summed E-state index contributed by atoms with van der Waals surface area (Å²) in [4.78, 5) is 1.02. The van der Waals surface area contributed by atoms with E-state index in [-0.39, 0.29) is 21.0 Å². The molecule has 0 radical (unpaired) electrons. The van der Waals surface area contributed by atoms with Gasteiger partial charge in [-0.15, -0.1) is 10.2 Å². The lowest BCUT2D eigenvalue weighted by atomic mass is 10.1. The number of fused-ring (bicyclic) bond motifs is 3. The van der Waals surface area contributed by atoms with Gasteiger partial charge in [-0.05, 0) is 41.5 Å². The molecule has 0 fully saturated rings. The normalized spacial score (nSPS) is 13.7. The topological polar surface area (TPSA) is 172 Å². The maximum atomic E-state index is 12.3. The highest BCUT2D eigenvalue weighted by Gasteiger charge is 2.19. The second kappa shape index (κ2) is 10.4. The number of hydrogen-bond donors (Lipinski definition) is 4. The van der Waals surface area contributed by atoms with Crippen LogP contribution in [0.15, 0.2) is 81.4 Å². The largest absolute Gasteiger partial charge is 0.388 e. The molecule has 0 saturated heterocycles. The molecule has 1 heterocycles. The number of aromatic nitrogens is 3. The second-order valence-corrected chi connectivity index (χ2v) is 11.6. The molecule has 5 aromatic rings. The molecule has 4 aromatic carbocycles. The molecule has 5 rings (SSSR count). The number of benzene rings is 4. The van der Waals surface area contributed by atoms with E-state index in [0.717, 1.165) is 0 Å². The van der Waals surface area contributed by atoms with Gasteiger partial charge in [-0.3, -0.25) is 4.55 Å². The van der Waals surface area contributed by atoms with Crippen molar-refractivity contribution in [3.8, 4) is 5.69 Å². The van der Waals surface area contributed by atoms with Gasteiger partial charge in [-0.25, -0.2) is 8.42 Å². The standard InChI is InChI=1S/C25H20N4O7S3/c1-26-17-10-8-15(22(12-17)37(30)31)6-7-16-9-11-18(13-24(16)39(34,35)36)29-27-21-14-23(38(32)33)19-4-2-3-5-20(19)25(21)28-29/h2-14,26H,1H3,(H,30,31)(H,32,33)(H,34,35,36). The Hall–Kier alpha value is -3.79. The average molecular weight is 585 g/mol. The fourth-order valence-electron chi connectivity index (χ4n) is 4.14. The zero-order valence-corrected chi connectivity index (χ0v) is 22.5. The van der Waals surface area contributed by atoms with E-state index >= 15 is 0 Å². The highest BCUT2D eigenvalue weighted by atomic mass is 32.2. The van der Waals surface area contributed by atoms with E-state index in [1.807, 2.05) is 0 Å². The Bertz CT molecular complexity index is 1950. The lowest BCUT2D eigenvalue weighted by Crippen LogP contribution is -2.05. The first kappa shape index (κ1) is 26.8. The van der Waals surface area contributed by atoms with Crippen molar-refractivity contribution in [1.82, 2.24) is 15.0 Å². The minimum Gasteiger partial charge on any atom is -0.388 e. The third kappa shape index (κ3) is 5.25. The van der Waals surface area contributed by atoms with Gasteiger partial charge in [0, 0.05) is 23.5 Å². The summed E-state index contributed by atoms with van der Waals surface area (Å²) in [6.07, 6.45) is 2.87. The number of nitrogens with one attached hydrogen (secondary N) is 1. The van der Waals surface area contributed by atoms with E-state index in [4.69, 9.17) is 0 Å². The molecule has 2 atom stereocenters. The van der Waals surface area contributed by atoms with Crippen molar-refractivity contribution in [3.05, 3.63) is 77.9 Å². The molecule has 0 aliphatic carbocycles. The van der Waals surface area contributed by atoms with Gasteiger partial charge in [0.1, 0.15) is 15.9 Å². The van der Waals surface area contributed by atoms with Crippen LogP contribution in [0.4, 0.5) is 5.69 Å². The van der Waals surface area contributed by atoms with Crippen molar-refractivity contribution in [2.75, 3.05) is 12.4 Å². The summed E-state index contributed by atoms with van der Waals surface area (Å²) in [7, 11) is -3.03. The Morgan fingerprint density at radius 3 is 2.18 bits per heavy atom. The van der Waals surface area contributed by atoms with Gasteiger partial charge >= 0.3 is 0 Å². The average Bonchev–Trinajstić information content (AvgIpc) is 3.35. The van der Waals surface area contributed by atoms with E-state index in [0.29, 0.717) is 33.1 Å². The van der Waals surface area contributed by atoms with Gasteiger partial charge in [0.15, 0.2) is 22.2 Å². The van der Waals surface area contributed by atoms with Crippen LogP contribution in [0.25, 0.3) is 39.6 Å². The quantitative estimate of drug-likeness (QED) is 0.123. The van der Waals surface area contributed by atoms with Crippen LogP contribution in [-0.4, -0.2) is 52.5 Å². The molecule has 200 valence electrons. The van der Waals surface area contributed by atoms with Crippen LogP contribution in [0.3, 0.4) is 0 Å². The maximum absolute atomic E-state index is 12.3. The molecule has 0 aliphatic rings. The molecule has 0 saturated carbocycles. The minimum absolute atomic E-state index is 0.117. The molecule has 39 heavy (non-hydrogen) atoms. The summed E-state index contributed by atoms with van der Waals surface area (Å²) in [6.45, 7) is 0. The molecule has 11 nitrogen and oxygen atoms in total. The zero-order valence-electron chi connectivity index (χ0n) is 20.0. The van der Waals surface area contributed by atoms with E-state index in [1.165, 1.54) is 47.3 Å². The van der Waals surface area contributed by atoms with E-state index in [2.05, 4.69) is 15.5 Å². The molecule has 4 N–H and O–H groups in total. The van der Waals surface area contributed by atoms with Crippen molar-refractivity contribution in [2.24, 2.45) is 0 Å². The molecule has 0 spiro atoms. The Morgan fingerprint density at radius 2 is 1.51 bits per heavy atom. The summed E-state index contributed by atoms with van der Waals surface area (Å²) in [5.74, 6) is 0. The van der Waals surface area contributed by atoms with Crippen molar-refractivity contribution in [2.45, 2.75) is 14.7 Å². The molecular weight excluding hydrogens is 564 g/mol. The monoisotopic (exact) mass is 584 g/mol. The van der Waals surface area contributed by atoms with Crippen molar-refractivity contribution >= 4 is 71.9 Å². The lowest BCUT2D eigenvalue weighted by Gasteiger charge is -2.08. The Morgan fingerprint density at radius 1 is 0.846 bits per heavy atom. The summed E-state index contributed by atoms with van der Waals surface area (Å²) in [5.41, 5.74) is 2.08. The summed E-state index contributed by atoms with van der Waals surface area (Å²) in [6, 6.07) is 17.3. The van der Waals surface area contributed by atoms with Gasteiger partial charge in [-0.2, -0.15) is 13.2 Å². The smallest absolute Gasteiger partial charge is 0.295 e. The lowest BCUT2D eigenvalue weighted by molar-refractivity contribution is 0.483. The van der Waals surface area contributed by atoms with Gasteiger partial charge < -0.3 is 14.4 Å². The van der Waals surface area contributed by atoms with E-state index < -0.39 is 37.2 Å². The van der Waals surface area contributed by atoms with Crippen molar-refractivity contribution in [3.63, 3.8) is 0 Å². The summed E-state index contributed by atoms with van der Waals surface area (Å²) in [5, 5.41) is 12.8. The van der Waals surface area contributed by atoms with Crippen molar-refractivity contribution < 1.29 is 30.5 Å². The van der Waals surface area contributed by atoms with Crippen LogP contribution >= 0.6 is 0 Å². The zero-order chi connectivity index (χ0) is 27.9. The number of hydrogen-bond acceptors (Lipinski definition) is 7. The third-order valence-corrected chi connectivity index (χ3v) is 8.34. The fraction of sp³-hybridized carbons (Fsp3) is 0.0400. The summed E-state index contributed by atoms with van der Waals surface area (Å²) >= 11 is -4.57.